The van der Waals surface area contributed by atoms with E-state index in [1.807, 2.05) is 6.07 Å². The minimum atomic E-state index is -0.189. The van der Waals surface area contributed by atoms with Crippen molar-refractivity contribution in [2.75, 3.05) is 19.7 Å². The van der Waals surface area contributed by atoms with Gasteiger partial charge in [-0.05, 0) is 98.8 Å². The van der Waals surface area contributed by atoms with Gasteiger partial charge in [-0.1, -0.05) is 6.07 Å². The van der Waals surface area contributed by atoms with Crippen molar-refractivity contribution in [1.29, 1.82) is 0 Å². The van der Waals surface area contributed by atoms with E-state index in [4.69, 9.17) is 4.74 Å². The summed E-state index contributed by atoms with van der Waals surface area (Å²) in [5.74, 6) is 3.04. The zero-order valence-electron chi connectivity index (χ0n) is 17.2. The van der Waals surface area contributed by atoms with E-state index < -0.39 is 0 Å². The third kappa shape index (κ3) is 3.88. The molecule has 2 amide bonds. The second-order valence-corrected chi connectivity index (χ2v) is 9.86. The van der Waals surface area contributed by atoms with E-state index >= 15 is 0 Å². The second kappa shape index (κ2) is 7.66. The number of fused-ring (bicyclic) bond motifs is 1. The summed E-state index contributed by atoms with van der Waals surface area (Å²) in [5.41, 5.74) is 2.63. The number of hydrogen-bond acceptors (Lipinski definition) is 3. The highest BCUT2D eigenvalue weighted by atomic mass is 16.5. The molecule has 5 aliphatic carbocycles. The molecule has 2 N–H and O–H groups in total. The molecule has 0 heterocycles. The Morgan fingerprint density at radius 2 is 1.66 bits per heavy atom. The lowest BCUT2D eigenvalue weighted by Gasteiger charge is -2.55. The quantitative estimate of drug-likeness (QED) is 0.696. The number of nitrogens with one attached hydrogen (secondary N) is 2. The molecular formula is C24H32N2O3. The number of ether oxygens (including phenoxy) is 1. The number of aryl methyl sites for hydroxylation is 2. The van der Waals surface area contributed by atoms with Crippen molar-refractivity contribution >= 4 is 11.8 Å². The van der Waals surface area contributed by atoms with Crippen molar-refractivity contribution < 1.29 is 14.3 Å². The third-order valence-electron chi connectivity index (χ3n) is 7.69. The van der Waals surface area contributed by atoms with Crippen LogP contribution in [-0.4, -0.2) is 31.5 Å². The predicted molar refractivity (Wildman–Crippen MR) is 111 cm³/mol. The van der Waals surface area contributed by atoms with Crippen LogP contribution >= 0.6 is 0 Å². The molecule has 4 bridgehead atoms. The monoisotopic (exact) mass is 396 g/mol. The van der Waals surface area contributed by atoms with Gasteiger partial charge in [0.25, 0.3) is 0 Å². The molecule has 0 radical (unpaired) electrons. The third-order valence-corrected chi connectivity index (χ3v) is 7.69. The molecular weight excluding hydrogens is 364 g/mol. The molecule has 0 spiro atoms. The van der Waals surface area contributed by atoms with Gasteiger partial charge in [-0.3, -0.25) is 9.59 Å². The fraction of sp³-hybridized carbons (Fsp3) is 0.667. The average molecular weight is 397 g/mol. The molecule has 1 aromatic carbocycles. The van der Waals surface area contributed by atoms with Crippen LogP contribution < -0.4 is 15.4 Å². The van der Waals surface area contributed by atoms with Crippen LogP contribution in [0.2, 0.25) is 0 Å². The summed E-state index contributed by atoms with van der Waals surface area (Å²) >= 11 is 0. The molecule has 1 aromatic rings. The van der Waals surface area contributed by atoms with Gasteiger partial charge in [0.1, 0.15) is 12.4 Å². The Hall–Kier alpha value is -2.04. The van der Waals surface area contributed by atoms with Gasteiger partial charge in [0.05, 0.1) is 13.1 Å². The maximum Gasteiger partial charge on any atom is 0.239 e. The number of benzene rings is 1. The molecule has 0 atom stereocenters. The number of hydrogen-bond donors (Lipinski definition) is 2. The Bertz CT molecular complexity index is 768. The van der Waals surface area contributed by atoms with Crippen molar-refractivity contribution in [2.24, 2.45) is 23.2 Å². The van der Waals surface area contributed by atoms with Crippen LogP contribution in [0.1, 0.15) is 56.1 Å². The van der Waals surface area contributed by atoms with Gasteiger partial charge in [-0.15, -0.1) is 0 Å². The van der Waals surface area contributed by atoms with Crippen molar-refractivity contribution in [3.05, 3.63) is 29.3 Å². The van der Waals surface area contributed by atoms with E-state index in [0.717, 1.165) is 49.2 Å². The lowest BCUT2D eigenvalue weighted by Crippen LogP contribution is -2.54. The summed E-state index contributed by atoms with van der Waals surface area (Å²) < 4.78 is 5.77. The molecule has 0 aromatic heterocycles. The first kappa shape index (κ1) is 19.0. The molecule has 5 nitrogen and oxygen atoms in total. The summed E-state index contributed by atoms with van der Waals surface area (Å²) in [4.78, 5) is 25.1. The number of carbonyl (C=O) groups is 2. The van der Waals surface area contributed by atoms with Gasteiger partial charge in [-0.25, -0.2) is 0 Å². The maximum atomic E-state index is 12.9. The molecule has 6 rings (SSSR count). The second-order valence-electron chi connectivity index (χ2n) is 9.86. The van der Waals surface area contributed by atoms with Crippen LogP contribution in [0.4, 0.5) is 0 Å². The van der Waals surface area contributed by atoms with E-state index in [1.165, 1.54) is 43.2 Å². The SMILES string of the molecule is O=C(CNC(=O)C12CC3CC(CC(C3)C1)C2)NCCOc1ccc2c(c1)CCC2. The van der Waals surface area contributed by atoms with Crippen LogP contribution in [-0.2, 0) is 22.4 Å². The highest BCUT2D eigenvalue weighted by Crippen LogP contribution is 2.60. The highest BCUT2D eigenvalue weighted by molar-refractivity contribution is 5.88. The zero-order valence-corrected chi connectivity index (χ0v) is 17.2. The van der Waals surface area contributed by atoms with Crippen LogP contribution in [0.25, 0.3) is 0 Å². The Balaban J connectivity index is 1.03. The fourth-order valence-corrected chi connectivity index (χ4v) is 6.80. The molecule has 5 heteroatoms. The minimum absolute atomic E-state index is 0.0689. The average Bonchev–Trinajstić information content (AvgIpc) is 3.16. The van der Waals surface area contributed by atoms with Crippen molar-refractivity contribution in [3.8, 4) is 5.75 Å². The molecule has 156 valence electrons. The number of amides is 2. The number of rotatable bonds is 7. The summed E-state index contributed by atoms with van der Waals surface area (Å²) in [6, 6.07) is 6.28. The first-order valence-electron chi connectivity index (χ1n) is 11.4. The zero-order chi connectivity index (χ0) is 19.8. The standard InChI is InChI=1S/C24H32N2O3/c27-22(25-6-7-29-21-5-4-19-2-1-3-20(19)11-21)15-26-23(28)24-12-16-8-17(13-24)10-18(9-16)14-24/h4-5,11,16-18H,1-3,6-10,12-15H2,(H,25,27)(H,26,28). The van der Waals surface area contributed by atoms with Gasteiger partial charge >= 0.3 is 0 Å². The van der Waals surface area contributed by atoms with Crippen molar-refractivity contribution in [1.82, 2.24) is 10.6 Å². The Labute approximate surface area is 173 Å². The summed E-state index contributed by atoms with van der Waals surface area (Å²) in [6.07, 6.45) is 10.6. The summed E-state index contributed by atoms with van der Waals surface area (Å²) in [5, 5.41) is 5.79. The van der Waals surface area contributed by atoms with Crippen LogP contribution in [0.5, 0.6) is 5.75 Å². The van der Waals surface area contributed by atoms with Gasteiger partial charge in [0.15, 0.2) is 0 Å². The normalized spacial score (nSPS) is 31.4. The molecule has 0 aliphatic heterocycles. The highest BCUT2D eigenvalue weighted by Gasteiger charge is 2.54. The topological polar surface area (TPSA) is 67.4 Å². The lowest BCUT2D eigenvalue weighted by molar-refractivity contribution is -0.147. The van der Waals surface area contributed by atoms with E-state index in [9.17, 15) is 9.59 Å². The summed E-state index contributed by atoms with van der Waals surface area (Å²) in [7, 11) is 0. The molecule has 0 unspecified atom stereocenters. The Morgan fingerprint density at radius 1 is 0.966 bits per heavy atom. The molecule has 4 saturated carbocycles. The van der Waals surface area contributed by atoms with E-state index in [2.05, 4.69) is 22.8 Å². The molecule has 4 fully saturated rings. The van der Waals surface area contributed by atoms with E-state index in [-0.39, 0.29) is 23.8 Å². The van der Waals surface area contributed by atoms with E-state index in [1.54, 1.807) is 0 Å². The van der Waals surface area contributed by atoms with E-state index in [0.29, 0.717) is 13.2 Å². The van der Waals surface area contributed by atoms with Gasteiger partial charge < -0.3 is 15.4 Å². The molecule has 29 heavy (non-hydrogen) atoms. The van der Waals surface area contributed by atoms with Gasteiger partial charge in [0.2, 0.25) is 11.8 Å². The lowest BCUT2D eigenvalue weighted by atomic mass is 9.49. The number of carbonyl (C=O) groups excluding carboxylic acids is 2. The van der Waals surface area contributed by atoms with Gasteiger partial charge in [-0.2, -0.15) is 0 Å². The van der Waals surface area contributed by atoms with Crippen molar-refractivity contribution in [2.45, 2.75) is 57.8 Å². The van der Waals surface area contributed by atoms with Crippen LogP contribution in [0.3, 0.4) is 0 Å². The van der Waals surface area contributed by atoms with Gasteiger partial charge in [0, 0.05) is 5.41 Å². The van der Waals surface area contributed by atoms with Crippen LogP contribution in [0, 0.1) is 23.2 Å². The Morgan fingerprint density at radius 3 is 2.38 bits per heavy atom. The first-order chi connectivity index (χ1) is 14.1. The predicted octanol–water partition coefficient (Wildman–Crippen LogP) is 3.00. The largest absolute Gasteiger partial charge is 0.492 e. The molecule has 0 saturated heterocycles. The smallest absolute Gasteiger partial charge is 0.239 e. The van der Waals surface area contributed by atoms with Crippen LogP contribution in [0.15, 0.2) is 18.2 Å². The Kier molecular flexibility index (Phi) is 5.00. The maximum absolute atomic E-state index is 12.9. The minimum Gasteiger partial charge on any atom is -0.492 e. The fourth-order valence-electron chi connectivity index (χ4n) is 6.80. The first-order valence-corrected chi connectivity index (χ1v) is 11.4. The molecule has 5 aliphatic rings. The summed E-state index contributed by atoms with van der Waals surface area (Å²) in [6.45, 7) is 0.954. The van der Waals surface area contributed by atoms with Crippen molar-refractivity contribution in [3.63, 3.8) is 0 Å².